The Kier molecular flexibility index (Phi) is 7.44. The zero-order valence-electron chi connectivity index (χ0n) is 16.7. The lowest BCUT2D eigenvalue weighted by Gasteiger charge is -2.33. The number of hydrogen-bond acceptors (Lipinski definition) is 3. The second kappa shape index (κ2) is 9.35. The van der Waals surface area contributed by atoms with E-state index in [0.29, 0.717) is 5.76 Å². The summed E-state index contributed by atoms with van der Waals surface area (Å²) in [7, 11) is -0.147. The van der Waals surface area contributed by atoms with Gasteiger partial charge in [0, 0.05) is 7.11 Å². The van der Waals surface area contributed by atoms with Crippen LogP contribution >= 0.6 is 0 Å². The van der Waals surface area contributed by atoms with Crippen LogP contribution in [0.2, 0.25) is 18.1 Å². The maximum Gasteiger partial charge on any atom is 0.250 e. The van der Waals surface area contributed by atoms with Crippen LogP contribution in [0.4, 0.5) is 0 Å². The van der Waals surface area contributed by atoms with Crippen LogP contribution in [0.5, 0.6) is 0 Å². The van der Waals surface area contributed by atoms with Gasteiger partial charge in [0.2, 0.25) is 14.6 Å². The fourth-order valence-corrected chi connectivity index (χ4v) is 5.87. The minimum absolute atomic E-state index is 0.120. The molecular weight excluding hydrogens is 340 g/mol. The highest BCUT2D eigenvalue weighted by Gasteiger charge is 2.33. The summed E-state index contributed by atoms with van der Waals surface area (Å²) in [5.41, 5.74) is 1.11. The van der Waals surface area contributed by atoms with Crippen molar-refractivity contribution in [1.29, 1.82) is 0 Å². The normalized spacial score (nSPS) is 14.2. The average Bonchev–Trinajstić information content (AvgIpc) is 2.69. The second-order valence-corrected chi connectivity index (χ2v) is 11.5. The Balaban J connectivity index is 2.11. The lowest BCUT2D eigenvalue weighted by molar-refractivity contribution is -0.144. The molecule has 0 spiro atoms. The Hall–Kier alpha value is -1.62. The second-order valence-electron chi connectivity index (χ2n) is 6.76. The minimum atomic E-state index is -1.79. The molecule has 0 aromatic heterocycles. The third-order valence-electron chi connectivity index (χ3n) is 5.33. The van der Waals surface area contributed by atoms with Crippen molar-refractivity contribution in [3.8, 4) is 0 Å². The summed E-state index contributed by atoms with van der Waals surface area (Å²) >= 11 is 0. The van der Waals surface area contributed by atoms with Crippen LogP contribution in [0.25, 0.3) is 10.8 Å². The van der Waals surface area contributed by atoms with Crippen molar-refractivity contribution in [2.75, 3.05) is 7.11 Å². The van der Waals surface area contributed by atoms with E-state index in [0.717, 1.165) is 23.7 Å². The van der Waals surface area contributed by atoms with Crippen molar-refractivity contribution in [2.24, 2.45) is 0 Å². The van der Waals surface area contributed by atoms with Gasteiger partial charge in [-0.05, 0) is 47.5 Å². The van der Waals surface area contributed by atoms with Crippen LogP contribution < -0.4 is 0 Å². The summed E-state index contributed by atoms with van der Waals surface area (Å²) in [6, 6.07) is 17.9. The van der Waals surface area contributed by atoms with E-state index in [4.69, 9.17) is 13.9 Å². The third-order valence-corrected chi connectivity index (χ3v) is 9.89. The molecule has 4 heteroatoms. The molecule has 0 aliphatic rings. The lowest BCUT2D eigenvalue weighted by atomic mass is 10.0. The largest absolute Gasteiger partial charge is 0.543 e. The quantitative estimate of drug-likeness (QED) is 0.273. The van der Waals surface area contributed by atoms with E-state index >= 15 is 0 Å². The SMILES string of the molecule is C=C(O[Si](CC)(CC)CC)C(OC)O[C@H](C)c1ccc2ccccc2c1. The molecule has 0 aliphatic heterocycles. The van der Waals surface area contributed by atoms with Gasteiger partial charge in [-0.2, -0.15) is 0 Å². The van der Waals surface area contributed by atoms with Crippen molar-refractivity contribution in [2.45, 2.75) is 58.2 Å². The van der Waals surface area contributed by atoms with Crippen molar-refractivity contribution >= 4 is 19.1 Å². The van der Waals surface area contributed by atoms with Crippen LogP contribution in [-0.4, -0.2) is 21.7 Å². The highest BCUT2D eigenvalue weighted by atomic mass is 28.4. The van der Waals surface area contributed by atoms with Gasteiger partial charge in [0.25, 0.3) is 0 Å². The van der Waals surface area contributed by atoms with Gasteiger partial charge in [0.05, 0.1) is 6.10 Å². The molecule has 0 amide bonds. The van der Waals surface area contributed by atoms with Crippen molar-refractivity contribution in [1.82, 2.24) is 0 Å². The van der Waals surface area contributed by atoms with Crippen LogP contribution in [0.1, 0.15) is 39.4 Å². The van der Waals surface area contributed by atoms with Gasteiger partial charge in [-0.3, -0.25) is 0 Å². The van der Waals surface area contributed by atoms with E-state index in [2.05, 4.69) is 69.8 Å². The summed E-state index contributed by atoms with van der Waals surface area (Å²) < 4.78 is 18.0. The molecular formula is C22H32O3Si. The fourth-order valence-electron chi connectivity index (χ4n) is 3.28. The first-order valence-corrected chi connectivity index (χ1v) is 12.1. The van der Waals surface area contributed by atoms with E-state index in [1.807, 2.05) is 6.92 Å². The molecule has 2 aromatic carbocycles. The van der Waals surface area contributed by atoms with Crippen LogP contribution in [0, 0.1) is 0 Å². The highest BCUT2D eigenvalue weighted by molar-refractivity contribution is 6.73. The van der Waals surface area contributed by atoms with Crippen molar-refractivity contribution < 1.29 is 13.9 Å². The molecule has 0 bridgehead atoms. The number of fused-ring (bicyclic) bond motifs is 1. The monoisotopic (exact) mass is 372 g/mol. The molecule has 1 unspecified atom stereocenters. The number of hydrogen-bond donors (Lipinski definition) is 0. The Morgan fingerprint density at radius 3 is 2.19 bits per heavy atom. The van der Waals surface area contributed by atoms with E-state index in [1.165, 1.54) is 10.8 Å². The van der Waals surface area contributed by atoms with Gasteiger partial charge in [-0.25, -0.2) is 0 Å². The van der Waals surface area contributed by atoms with E-state index < -0.39 is 14.6 Å². The number of rotatable bonds is 10. The summed E-state index contributed by atoms with van der Waals surface area (Å²) in [5.74, 6) is 0.595. The molecule has 2 aromatic rings. The Bertz CT molecular complexity index is 716. The molecule has 142 valence electrons. The van der Waals surface area contributed by atoms with Crippen LogP contribution in [-0.2, 0) is 13.9 Å². The zero-order chi connectivity index (χ0) is 19.2. The molecule has 0 saturated carbocycles. The van der Waals surface area contributed by atoms with Gasteiger partial charge in [-0.1, -0.05) is 63.7 Å². The smallest absolute Gasteiger partial charge is 0.250 e. The minimum Gasteiger partial charge on any atom is -0.543 e. The first kappa shape index (κ1) is 20.7. The van der Waals surface area contributed by atoms with Gasteiger partial charge >= 0.3 is 0 Å². The first-order chi connectivity index (χ1) is 12.5. The van der Waals surface area contributed by atoms with Crippen LogP contribution in [0.3, 0.4) is 0 Å². The molecule has 3 nitrogen and oxygen atoms in total. The van der Waals surface area contributed by atoms with E-state index in [1.54, 1.807) is 7.11 Å². The molecule has 0 fully saturated rings. The van der Waals surface area contributed by atoms with Gasteiger partial charge < -0.3 is 13.9 Å². The third kappa shape index (κ3) is 4.75. The van der Waals surface area contributed by atoms with Crippen molar-refractivity contribution in [3.63, 3.8) is 0 Å². The standard InChI is InChI=1S/C22H32O3Si/c1-7-26(8-2,9-3)25-18(5)22(23-6)24-17(4)20-15-14-19-12-10-11-13-21(19)16-20/h10-17,22H,5,7-9H2,1-4,6H3/t17-,22?/m1/s1. The fraction of sp³-hybridized carbons (Fsp3) is 0.455. The topological polar surface area (TPSA) is 27.7 Å². The number of ether oxygens (including phenoxy) is 2. The van der Waals surface area contributed by atoms with Gasteiger partial charge in [-0.15, -0.1) is 0 Å². The predicted molar refractivity (Wildman–Crippen MR) is 112 cm³/mol. The summed E-state index contributed by atoms with van der Waals surface area (Å²) in [5, 5.41) is 2.43. The predicted octanol–water partition coefficient (Wildman–Crippen LogP) is 6.43. The number of benzene rings is 2. The molecule has 0 aliphatic carbocycles. The highest BCUT2D eigenvalue weighted by Crippen LogP contribution is 2.29. The van der Waals surface area contributed by atoms with E-state index in [9.17, 15) is 0 Å². The Labute approximate surface area is 159 Å². The molecule has 2 atom stereocenters. The maximum atomic E-state index is 6.34. The molecule has 0 saturated heterocycles. The Morgan fingerprint density at radius 2 is 1.62 bits per heavy atom. The van der Waals surface area contributed by atoms with Crippen molar-refractivity contribution in [3.05, 3.63) is 60.4 Å². The Morgan fingerprint density at radius 1 is 1.00 bits per heavy atom. The zero-order valence-corrected chi connectivity index (χ0v) is 17.7. The average molecular weight is 373 g/mol. The maximum absolute atomic E-state index is 6.34. The first-order valence-electron chi connectivity index (χ1n) is 9.53. The summed E-state index contributed by atoms with van der Waals surface area (Å²) in [6.45, 7) is 12.8. The van der Waals surface area contributed by atoms with E-state index in [-0.39, 0.29) is 6.10 Å². The molecule has 0 radical (unpaired) electrons. The number of methoxy groups -OCH3 is 1. The molecule has 2 rings (SSSR count). The lowest BCUT2D eigenvalue weighted by Crippen LogP contribution is -2.38. The molecule has 0 heterocycles. The summed E-state index contributed by atoms with van der Waals surface area (Å²) in [6.07, 6.45) is -0.682. The molecule has 26 heavy (non-hydrogen) atoms. The van der Waals surface area contributed by atoms with Crippen LogP contribution in [0.15, 0.2) is 54.8 Å². The van der Waals surface area contributed by atoms with Gasteiger partial charge in [0.1, 0.15) is 5.76 Å². The molecule has 0 N–H and O–H groups in total. The van der Waals surface area contributed by atoms with Gasteiger partial charge in [0.15, 0.2) is 0 Å². The summed E-state index contributed by atoms with van der Waals surface area (Å²) in [4.78, 5) is 0.